The predicted octanol–water partition coefficient (Wildman–Crippen LogP) is 7.16. The Morgan fingerprint density at radius 3 is 2.16 bits per heavy atom. The Morgan fingerprint density at radius 1 is 1.00 bits per heavy atom. The summed E-state index contributed by atoms with van der Waals surface area (Å²) in [6, 6.07) is 9.37. The molecule has 1 atom stereocenters. The summed E-state index contributed by atoms with van der Waals surface area (Å²) in [5, 5.41) is 0.722. The monoisotopic (exact) mass is 440 g/mol. The second-order valence-electron chi connectivity index (χ2n) is 4.12. The molecule has 0 N–H and O–H groups in total. The van der Waals surface area contributed by atoms with E-state index in [-0.39, 0.29) is 0 Å². The Hall–Kier alpha value is 0.270. The largest absolute Gasteiger partial charge is 0.112 e. The van der Waals surface area contributed by atoms with Crippen LogP contribution in [0.5, 0.6) is 0 Å². The predicted molar refractivity (Wildman–Crippen MR) is 90.7 cm³/mol. The first-order valence-electron chi connectivity index (χ1n) is 5.45. The Balaban J connectivity index is 2.56. The maximum atomic E-state index is 6.55. The molecule has 0 nitrogen and oxygen atoms in total. The first-order valence-corrected chi connectivity index (χ1v) is 8.23. The normalized spacial score (nSPS) is 12.5. The van der Waals surface area contributed by atoms with Crippen molar-refractivity contribution in [1.29, 1.82) is 0 Å². The summed E-state index contributed by atoms with van der Waals surface area (Å²) in [6.45, 7) is 2.02. The van der Waals surface area contributed by atoms with Gasteiger partial charge in [-0.15, -0.1) is 11.6 Å². The second-order valence-corrected chi connectivity index (χ2v) is 7.08. The van der Waals surface area contributed by atoms with Crippen molar-refractivity contribution >= 4 is 66.7 Å². The third kappa shape index (κ3) is 3.30. The average Bonchev–Trinajstić information content (AvgIpc) is 2.33. The van der Waals surface area contributed by atoms with Crippen molar-refractivity contribution in [2.45, 2.75) is 12.3 Å². The highest BCUT2D eigenvalue weighted by atomic mass is 79.9. The lowest BCUT2D eigenvalue weighted by atomic mass is 10.0. The van der Waals surface area contributed by atoms with E-state index in [0.29, 0.717) is 10.0 Å². The lowest BCUT2D eigenvalue weighted by molar-refractivity contribution is 1.12. The van der Waals surface area contributed by atoms with Gasteiger partial charge < -0.3 is 0 Å². The molecule has 100 valence electrons. The molecule has 2 rings (SSSR count). The molecular weight excluding hydrogens is 434 g/mol. The zero-order chi connectivity index (χ0) is 14.2. The fourth-order valence-electron chi connectivity index (χ4n) is 1.76. The van der Waals surface area contributed by atoms with Crippen LogP contribution in [0.3, 0.4) is 0 Å². The van der Waals surface area contributed by atoms with E-state index in [1.165, 1.54) is 0 Å². The van der Waals surface area contributed by atoms with Gasteiger partial charge in [0.25, 0.3) is 0 Å². The highest BCUT2D eigenvalue weighted by Crippen LogP contribution is 2.42. The standard InChI is InChI=1S/C14H9Br2Cl3/c1-7-5-10(16)8(6-9(7)15)14(19)13-11(17)3-2-4-12(13)18/h2-6,14H,1H3. The van der Waals surface area contributed by atoms with E-state index in [9.17, 15) is 0 Å². The molecule has 19 heavy (non-hydrogen) atoms. The molecule has 0 aliphatic rings. The lowest BCUT2D eigenvalue weighted by Crippen LogP contribution is -1.98. The topological polar surface area (TPSA) is 0 Å². The first kappa shape index (κ1) is 15.7. The van der Waals surface area contributed by atoms with Crippen LogP contribution < -0.4 is 0 Å². The Labute approximate surface area is 144 Å². The molecule has 5 heteroatoms. The van der Waals surface area contributed by atoms with Crippen molar-refractivity contribution in [3.63, 3.8) is 0 Å². The van der Waals surface area contributed by atoms with Crippen LogP contribution in [0.15, 0.2) is 39.3 Å². The third-order valence-corrected chi connectivity index (χ3v) is 5.46. The van der Waals surface area contributed by atoms with Gasteiger partial charge in [0, 0.05) is 24.6 Å². The van der Waals surface area contributed by atoms with Gasteiger partial charge in [-0.2, -0.15) is 0 Å². The van der Waals surface area contributed by atoms with Gasteiger partial charge in [-0.05, 0) is 42.3 Å². The average molecular weight is 443 g/mol. The SMILES string of the molecule is Cc1cc(Br)c(C(Cl)c2c(Cl)cccc2Cl)cc1Br. The minimum Gasteiger partial charge on any atom is -0.112 e. The summed E-state index contributed by atoms with van der Waals surface area (Å²) in [4.78, 5) is 0. The number of hydrogen-bond donors (Lipinski definition) is 0. The van der Waals surface area contributed by atoms with Gasteiger partial charge in [-0.25, -0.2) is 0 Å². The molecule has 0 fully saturated rings. The van der Waals surface area contributed by atoms with E-state index in [4.69, 9.17) is 34.8 Å². The highest BCUT2D eigenvalue weighted by Gasteiger charge is 2.20. The summed E-state index contributed by atoms with van der Waals surface area (Å²) in [5.41, 5.74) is 2.78. The molecule has 0 aliphatic carbocycles. The van der Waals surface area contributed by atoms with E-state index < -0.39 is 5.38 Å². The van der Waals surface area contributed by atoms with E-state index >= 15 is 0 Å². The lowest BCUT2D eigenvalue weighted by Gasteiger charge is -2.16. The fraction of sp³-hybridized carbons (Fsp3) is 0.143. The van der Waals surface area contributed by atoms with Gasteiger partial charge in [0.2, 0.25) is 0 Å². The van der Waals surface area contributed by atoms with Crippen LogP contribution in [-0.2, 0) is 0 Å². The van der Waals surface area contributed by atoms with Crippen molar-refractivity contribution in [2.24, 2.45) is 0 Å². The molecule has 1 unspecified atom stereocenters. The van der Waals surface area contributed by atoms with E-state index in [1.54, 1.807) is 18.2 Å². The summed E-state index contributed by atoms with van der Waals surface area (Å²) in [6.07, 6.45) is 0. The van der Waals surface area contributed by atoms with Gasteiger partial charge in [-0.1, -0.05) is 61.1 Å². The molecular formula is C14H9Br2Cl3. The maximum Gasteiger partial charge on any atom is 0.0875 e. The summed E-state index contributed by atoms with van der Waals surface area (Å²) < 4.78 is 1.93. The van der Waals surface area contributed by atoms with Crippen molar-refractivity contribution in [3.8, 4) is 0 Å². The van der Waals surface area contributed by atoms with Crippen molar-refractivity contribution in [1.82, 2.24) is 0 Å². The van der Waals surface area contributed by atoms with Crippen LogP contribution in [0.1, 0.15) is 22.1 Å². The summed E-state index contributed by atoms with van der Waals surface area (Å²) in [7, 11) is 0. The van der Waals surface area contributed by atoms with Crippen LogP contribution in [0.2, 0.25) is 10.0 Å². The molecule has 2 aromatic rings. The number of hydrogen-bond acceptors (Lipinski definition) is 0. The van der Waals surface area contributed by atoms with E-state index in [2.05, 4.69) is 31.9 Å². The number of rotatable bonds is 2. The third-order valence-electron chi connectivity index (χ3n) is 2.80. The minimum atomic E-state index is -0.410. The number of aryl methyl sites for hydroxylation is 1. The Bertz CT molecular complexity index is 606. The summed E-state index contributed by atoms with van der Waals surface area (Å²) in [5.74, 6) is 0. The smallest absolute Gasteiger partial charge is 0.0875 e. The Morgan fingerprint density at radius 2 is 1.58 bits per heavy atom. The van der Waals surface area contributed by atoms with Crippen molar-refractivity contribution in [2.75, 3.05) is 0 Å². The second kappa shape index (κ2) is 6.36. The highest BCUT2D eigenvalue weighted by molar-refractivity contribution is 9.11. The van der Waals surface area contributed by atoms with Crippen molar-refractivity contribution in [3.05, 3.63) is 66.0 Å². The molecule has 0 radical (unpaired) electrons. The van der Waals surface area contributed by atoms with Gasteiger partial charge in [0.1, 0.15) is 0 Å². The molecule has 0 aromatic heterocycles. The molecule has 0 amide bonds. The van der Waals surface area contributed by atoms with Gasteiger partial charge >= 0.3 is 0 Å². The van der Waals surface area contributed by atoms with Crippen molar-refractivity contribution < 1.29 is 0 Å². The summed E-state index contributed by atoms with van der Waals surface area (Å²) >= 11 is 26.0. The van der Waals surface area contributed by atoms with E-state index in [0.717, 1.165) is 25.6 Å². The molecule has 0 aliphatic heterocycles. The zero-order valence-corrected chi connectivity index (χ0v) is 15.3. The molecule has 0 saturated carbocycles. The zero-order valence-electron chi connectivity index (χ0n) is 9.85. The molecule has 0 spiro atoms. The Kier molecular flexibility index (Phi) is 5.24. The molecule has 0 heterocycles. The molecule has 0 bridgehead atoms. The first-order chi connectivity index (χ1) is 8.91. The van der Waals surface area contributed by atoms with Gasteiger partial charge in [0.15, 0.2) is 0 Å². The molecule has 2 aromatic carbocycles. The quantitative estimate of drug-likeness (QED) is 0.432. The van der Waals surface area contributed by atoms with Gasteiger partial charge in [0.05, 0.1) is 5.38 Å². The van der Waals surface area contributed by atoms with Crippen LogP contribution >= 0.6 is 66.7 Å². The van der Waals surface area contributed by atoms with E-state index in [1.807, 2.05) is 19.1 Å². The van der Waals surface area contributed by atoms with Crippen LogP contribution in [-0.4, -0.2) is 0 Å². The maximum absolute atomic E-state index is 6.55. The van der Waals surface area contributed by atoms with Crippen LogP contribution in [0.4, 0.5) is 0 Å². The van der Waals surface area contributed by atoms with Crippen LogP contribution in [0, 0.1) is 6.92 Å². The molecule has 0 saturated heterocycles. The number of alkyl halides is 1. The fourth-order valence-corrected chi connectivity index (χ4v) is 4.09. The number of benzene rings is 2. The number of halogens is 5. The minimum absolute atomic E-state index is 0.410. The van der Waals surface area contributed by atoms with Crippen LogP contribution in [0.25, 0.3) is 0 Å². The van der Waals surface area contributed by atoms with Gasteiger partial charge in [-0.3, -0.25) is 0 Å².